The number of nitrogens with zero attached hydrogens (tertiary/aromatic N) is 2. The van der Waals surface area contributed by atoms with Gasteiger partial charge in [-0.05, 0) is 29.5 Å². The lowest BCUT2D eigenvalue weighted by Gasteiger charge is -2.26. The minimum atomic E-state index is 0. The molecule has 2 N–H and O–H groups in total. The monoisotopic (exact) mass is 522 g/mol. The molecule has 1 saturated heterocycles. The van der Waals surface area contributed by atoms with Gasteiger partial charge in [0.15, 0.2) is 5.96 Å². The zero-order valence-corrected chi connectivity index (χ0v) is 20.7. The van der Waals surface area contributed by atoms with Crippen molar-refractivity contribution in [2.24, 2.45) is 4.99 Å². The van der Waals surface area contributed by atoms with E-state index in [-0.39, 0.29) is 24.0 Å². The summed E-state index contributed by atoms with van der Waals surface area (Å²) in [7, 11) is 1.82. The molecule has 1 unspecified atom stereocenters. The van der Waals surface area contributed by atoms with E-state index in [1.807, 2.05) is 7.05 Å². The molecule has 0 amide bonds. The van der Waals surface area contributed by atoms with Gasteiger partial charge in [-0.25, -0.2) is 0 Å². The van der Waals surface area contributed by atoms with Crippen molar-refractivity contribution in [2.45, 2.75) is 32.9 Å². The number of guanidine groups is 1. The van der Waals surface area contributed by atoms with Crippen LogP contribution in [0.4, 0.5) is 0 Å². The number of benzene rings is 2. The van der Waals surface area contributed by atoms with Crippen LogP contribution in [0.15, 0.2) is 53.5 Å². The fraction of sp³-hybridized carbons (Fsp3) is 0.458. The summed E-state index contributed by atoms with van der Waals surface area (Å²) in [6.45, 7) is 10.7. The maximum atomic E-state index is 5.44. The first kappa shape index (κ1) is 24.6. The summed E-state index contributed by atoms with van der Waals surface area (Å²) in [4.78, 5) is 6.82. The third-order valence-electron chi connectivity index (χ3n) is 5.37. The average Bonchev–Trinajstić information content (AvgIpc) is 2.74. The van der Waals surface area contributed by atoms with Crippen LogP contribution in [0.5, 0.6) is 0 Å². The predicted octanol–water partition coefficient (Wildman–Crippen LogP) is 3.91. The van der Waals surface area contributed by atoms with Crippen LogP contribution in [0, 0.1) is 6.92 Å². The molecule has 1 aliphatic rings. The van der Waals surface area contributed by atoms with Gasteiger partial charge in [0, 0.05) is 39.8 Å². The van der Waals surface area contributed by atoms with E-state index in [4.69, 9.17) is 4.74 Å². The lowest BCUT2D eigenvalue weighted by molar-refractivity contribution is 0.0342. The SMILES string of the molecule is CN=C(NCc1cccc(CN2CCOCC2)c1)NCC(C)c1cccc(C)c1.I. The maximum Gasteiger partial charge on any atom is 0.191 e. The van der Waals surface area contributed by atoms with Crippen LogP contribution in [0.2, 0.25) is 0 Å². The van der Waals surface area contributed by atoms with Crippen molar-refractivity contribution < 1.29 is 4.74 Å². The highest BCUT2D eigenvalue weighted by Crippen LogP contribution is 2.15. The van der Waals surface area contributed by atoms with E-state index in [2.05, 4.69) is 82.9 Å². The van der Waals surface area contributed by atoms with Crippen LogP contribution in [0.3, 0.4) is 0 Å². The number of aliphatic imine (C=N–C) groups is 1. The summed E-state index contributed by atoms with van der Waals surface area (Å²) in [6, 6.07) is 17.5. The van der Waals surface area contributed by atoms with Crippen LogP contribution in [-0.2, 0) is 17.8 Å². The zero-order chi connectivity index (χ0) is 20.5. The molecule has 1 heterocycles. The first-order chi connectivity index (χ1) is 14.1. The van der Waals surface area contributed by atoms with Gasteiger partial charge in [-0.2, -0.15) is 0 Å². The lowest BCUT2D eigenvalue weighted by Crippen LogP contribution is -2.38. The Morgan fingerprint density at radius 3 is 2.53 bits per heavy atom. The second-order valence-corrected chi connectivity index (χ2v) is 7.83. The number of ether oxygens (including phenoxy) is 1. The molecule has 6 heteroatoms. The molecule has 0 spiro atoms. The fourth-order valence-electron chi connectivity index (χ4n) is 3.61. The highest BCUT2D eigenvalue weighted by molar-refractivity contribution is 14.0. The van der Waals surface area contributed by atoms with E-state index >= 15 is 0 Å². The van der Waals surface area contributed by atoms with Gasteiger partial charge in [-0.3, -0.25) is 9.89 Å². The Bertz CT molecular complexity index is 805. The predicted molar refractivity (Wildman–Crippen MR) is 136 cm³/mol. The number of morpholine rings is 1. The Morgan fingerprint density at radius 2 is 1.80 bits per heavy atom. The molecule has 1 aliphatic heterocycles. The summed E-state index contributed by atoms with van der Waals surface area (Å²) >= 11 is 0. The van der Waals surface area contributed by atoms with Gasteiger partial charge in [0.1, 0.15) is 0 Å². The van der Waals surface area contributed by atoms with E-state index in [0.717, 1.165) is 51.9 Å². The van der Waals surface area contributed by atoms with Crippen LogP contribution >= 0.6 is 24.0 Å². The normalized spacial score (nSPS) is 15.9. The van der Waals surface area contributed by atoms with Gasteiger partial charge in [0.2, 0.25) is 0 Å². The van der Waals surface area contributed by atoms with E-state index in [1.165, 1.54) is 22.3 Å². The van der Waals surface area contributed by atoms with Crippen molar-refractivity contribution in [3.05, 3.63) is 70.8 Å². The largest absolute Gasteiger partial charge is 0.379 e. The summed E-state index contributed by atoms with van der Waals surface area (Å²) in [5, 5.41) is 6.89. The van der Waals surface area contributed by atoms with Crippen LogP contribution in [0.1, 0.15) is 35.1 Å². The molecule has 0 aromatic heterocycles. The quantitative estimate of drug-likeness (QED) is 0.329. The van der Waals surface area contributed by atoms with Gasteiger partial charge in [-0.15, -0.1) is 24.0 Å². The number of rotatable bonds is 7. The van der Waals surface area contributed by atoms with Crippen molar-refractivity contribution >= 4 is 29.9 Å². The zero-order valence-electron chi connectivity index (χ0n) is 18.4. The topological polar surface area (TPSA) is 48.9 Å². The molecular weight excluding hydrogens is 487 g/mol. The molecule has 1 fully saturated rings. The van der Waals surface area contributed by atoms with E-state index < -0.39 is 0 Å². The van der Waals surface area contributed by atoms with E-state index in [1.54, 1.807) is 0 Å². The Hall–Kier alpha value is -1.64. The smallest absolute Gasteiger partial charge is 0.191 e. The van der Waals surface area contributed by atoms with Crippen molar-refractivity contribution in [2.75, 3.05) is 39.9 Å². The van der Waals surface area contributed by atoms with E-state index in [9.17, 15) is 0 Å². The number of halogens is 1. The third kappa shape index (κ3) is 7.89. The Labute approximate surface area is 198 Å². The molecule has 0 bridgehead atoms. The van der Waals surface area contributed by atoms with Gasteiger partial charge >= 0.3 is 0 Å². The molecule has 5 nitrogen and oxygen atoms in total. The van der Waals surface area contributed by atoms with Gasteiger partial charge in [0.25, 0.3) is 0 Å². The minimum absolute atomic E-state index is 0. The number of aryl methyl sites for hydroxylation is 1. The molecule has 2 aromatic rings. The molecule has 0 radical (unpaired) electrons. The highest BCUT2D eigenvalue weighted by Gasteiger charge is 2.11. The van der Waals surface area contributed by atoms with Gasteiger partial charge < -0.3 is 15.4 Å². The van der Waals surface area contributed by atoms with Crippen LogP contribution < -0.4 is 10.6 Å². The third-order valence-corrected chi connectivity index (χ3v) is 5.37. The summed E-state index contributed by atoms with van der Waals surface area (Å²) < 4.78 is 5.44. The number of hydrogen-bond donors (Lipinski definition) is 2. The molecular formula is C24H35IN4O. The second kappa shape index (κ2) is 12.9. The summed E-state index contributed by atoms with van der Waals surface area (Å²) in [5.41, 5.74) is 5.27. The molecule has 0 aliphatic carbocycles. The minimum Gasteiger partial charge on any atom is -0.379 e. The Balaban J connectivity index is 0.00000320. The highest BCUT2D eigenvalue weighted by atomic mass is 127. The standard InChI is InChI=1S/C24H34N4O.HI/c1-19-6-4-9-23(14-19)20(2)16-26-24(25-3)27-17-21-7-5-8-22(15-21)18-28-10-12-29-13-11-28;/h4-9,14-15,20H,10-13,16-18H2,1-3H3,(H2,25,26,27);1H. The number of hydrogen-bond acceptors (Lipinski definition) is 3. The molecule has 2 aromatic carbocycles. The number of nitrogens with one attached hydrogen (secondary N) is 2. The Morgan fingerprint density at radius 1 is 1.07 bits per heavy atom. The Kier molecular flexibility index (Phi) is 10.6. The van der Waals surface area contributed by atoms with Gasteiger partial charge in [-0.1, -0.05) is 61.0 Å². The lowest BCUT2D eigenvalue weighted by atomic mass is 9.99. The summed E-state index contributed by atoms with van der Waals surface area (Å²) in [6.07, 6.45) is 0. The van der Waals surface area contributed by atoms with Crippen molar-refractivity contribution in [1.82, 2.24) is 15.5 Å². The van der Waals surface area contributed by atoms with Crippen molar-refractivity contribution in [1.29, 1.82) is 0 Å². The molecule has 0 saturated carbocycles. The fourth-order valence-corrected chi connectivity index (χ4v) is 3.61. The first-order valence-electron chi connectivity index (χ1n) is 10.5. The first-order valence-corrected chi connectivity index (χ1v) is 10.5. The summed E-state index contributed by atoms with van der Waals surface area (Å²) in [5.74, 6) is 1.26. The van der Waals surface area contributed by atoms with Crippen molar-refractivity contribution in [3.8, 4) is 0 Å². The van der Waals surface area contributed by atoms with E-state index in [0.29, 0.717) is 5.92 Å². The van der Waals surface area contributed by atoms with Crippen LogP contribution in [-0.4, -0.2) is 50.8 Å². The molecule has 3 rings (SSSR count). The van der Waals surface area contributed by atoms with Gasteiger partial charge in [0.05, 0.1) is 13.2 Å². The average molecular weight is 522 g/mol. The molecule has 164 valence electrons. The van der Waals surface area contributed by atoms with Crippen molar-refractivity contribution in [3.63, 3.8) is 0 Å². The van der Waals surface area contributed by atoms with Crippen LogP contribution in [0.25, 0.3) is 0 Å². The molecule has 30 heavy (non-hydrogen) atoms. The molecule has 1 atom stereocenters. The maximum absolute atomic E-state index is 5.44. The second-order valence-electron chi connectivity index (χ2n) is 7.83.